The van der Waals surface area contributed by atoms with Crippen LogP contribution in [0.4, 0.5) is 4.79 Å². The SMILES string of the molecule is CCCNC(=O)NS(=O)(=O)c1cc(C(=O)N[C@H](C)c2ccccc2)ccc1Cl. The molecule has 2 rings (SSSR count). The van der Waals surface area contributed by atoms with Crippen molar-refractivity contribution in [2.75, 3.05) is 6.54 Å². The van der Waals surface area contributed by atoms with Gasteiger partial charge in [-0.25, -0.2) is 17.9 Å². The van der Waals surface area contributed by atoms with Crippen LogP contribution in [0.5, 0.6) is 0 Å². The molecule has 3 N–H and O–H groups in total. The van der Waals surface area contributed by atoms with Crippen molar-refractivity contribution in [1.29, 1.82) is 0 Å². The molecule has 2 aromatic carbocycles. The molecule has 0 fully saturated rings. The predicted octanol–water partition coefficient (Wildman–Crippen LogP) is 3.23. The number of rotatable bonds is 7. The van der Waals surface area contributed by atoms with Crippen molar-refractivity contribution in [3.05, 3.63) is 64.7 Å². The van der Waals surface area contributed by atoms with Crippen molar-refractivity contribution in [3.63, 3.8) is 0 Å². The molecule has 1 atom stereocenters. The third-order valence-electron chi connectivity index (χ3n) is 3.89. The minimum absolute atomic E-state index is 0.0940. The Balaban J connectivity index is 2.20. The molecule has 0 saturated carbocycles. The second-order valence-electron chi connectivity index (χ2n) is 6.11. The molecule has 0 heterocycles. The molecular formula is C19H22ClN3O4S. The number of amides is 3. The van der Waals surface area contributed by atoms with Gasteiger partial charge in [-0.3, -0.25) is 4.79 Å². The van der Waals surface area contributed by atoms with E-state index < -0.39 is 22.0 Å². The zero-order valence-corrected chi connectivity index (χ0v) is 17.1. The topological polar surface area (TPSA) is 104 Å². The average Bonchev–Trinajstić information content (AvgIpc) is 2.66. The Hall–Kier alpha value is -2.58. The van der Waals surface area contributed by atoms with Crippen molar-refractivity contribution in [3.8, 4) is 0 Å². The maximum Gasteiger partial charge on any atom is 0.328 e. The molecule has 9 heteroatoms. The quantitative estimate of drug-likeness (QED) is 0.635. The Bertz CT molecular complexity index is 949. The predicted molar refractivity (Wildman–Crippen MR) is 108 cm³/mol. The van der Waals surface area contributed by atoms with Gasteiger partial charge in [-0.1, -0.05) is 48.9 Å². The van der Waals surface area contributed by atoms with Gasteiger partial charge in [0.2, 0.25) is 0 Å². The van der Waals surface area contributed by atoms with Gasteiger partial charge in [0.25, 0.3) is 15.9 Å². The number of hydrogen-bond donors (Lipinski definition) is 3. The number of carbonyl (C=O) groups excluding carboxylic acids is 2. The zero-order valence-electron chi connectivity index (χ0n) is 15.5. The summed E-state index contributed by atoms with van der Waals surface area (Å²) in [7, 11) is -4.23. The molecule has 7 nitrogen and oxygen atoms in total. The van der Waals surface area contributed by atoms with Crippen LogP contribution in [0.1, 0.15) is 42.2 Å². The summed E-state index contributed by atoms with van der Waals surface area (Å²) in [6, 6.07) is 12.1. The number of nitrogens with one attached hydrogen (secondary N) is 3. The Morgan fingerprint density at radius 1 is 1.11 bits per heavy atom. The maximum atomic E-state index is 12.5. The smallest absolute Gasteiger partial charge is 0.328 e. The molecule has 0 radical (unpaired) electrons. The fourth-order valence-corrected chi connectivity index (χ4v) is 3.86. The lowest BCUT2D eigenvalue weighted by Gasteiger charge is -2.15. The molecule has 0 saturated heterocycles. The highest BCUT2D eigenvalue weighted by molar-refractivity contribution is 7.90. The first-order chi connectivity index (χ1) is 13.2. The molecule has 0 bridgehead atoms. The molecule has 0 aliphatic rings. The van der Waals surface area contributed by atoms with Gasteiger partial charge in [-0.15, -0.1) is 0 Å². The van der Waals surface area contributed by atoms with Crippen LogP contribution >= 0.6 is 11.6 Å². The van der Waals surface area contributed by atoms with E-state index in [4.69, 9.17) is 11.6 Å². The number of carbonyl (C=O) groups is 2. The van der Waals surface area contributed by atoms with Gasteiger partial charge in [-0.05, 0) is 37.1 Å². The minimum atomic E-state index is -4.23. The zero-order chi connectivity index (χ0) is 20.7. The van der Waals surface area contributed by atoms with E-state index in [1.807, 2.05) is 48.9 Å². The van der Waals surface area contributed by atoms with Gasteiger partial charge in [0.15, 0.2) is 0 Å². The molecule has 0 aliphatic carbocycles. The van der Waals surface area contributed by atoms with Crippen LogP contribution in [0.2, 0.25) is 5.02 Å². The number of halogens is 1. The lowest BCUT2D eigenvalue weighted by Crippen LogP contribution is -2.39. The number of benzene rings is 2. The van der Waals surface area contributed by atoms with E-state index in [2.05, 4.69) is 10.6 Å². The van der Waals surface area contributed by atoms with E-state index >= 15 is 0 Å². The van der Waals surface area contributed by atoms with E-state index in [1.165, 1.54) is 12.1 Å². The molecule has 3 amide bonds. The van der Waals surface area contributed by atoms with Crippen LogP contribution in [0.15, 0.2) is 53.4 Å². The van der Waals surface area contributed by atoms with E-state index in [1.54, 1.807) is 0 Å². The van der Waals surface area contributed by atoms with Crippen LogP contribution in [0.25, 0.3) is 0 Å². The van der Waals surface area contributed by atoms with Crippen molar-refractivity contribution in [2.24, 2.45) is 0 Å². The fourth-order valence-electron chi connectivity index (χ4n) is 2.41. The van der Waals surface area contributed by atoms with E-state index in [0.717, 1.165) is 11.6 Å². The summed E-state index contributed by atoms with van der Waals surface area (Å²) in [5, 5.41) is 5.12. The highest BCUT2D eigenvalue weighted by atomic mass is 35.5. The molecule has 2 aromatic rings. The largest absolute Gasteiger partial charge is 0.346 e. The van der Waals surface area contributed by atoms with Crippen molar-refractivity contribution >= 4 is 33.6 Å². The fraction of sp³-hybridized carbons (Fsp3) is 0.263. The van der Waals surface area contributed by atoms with Crippen LogP contribution in [-0.4, -0.2) is 26.9 Å². The number of hydrogen-bond acceptors (Lipinski definition) is 4. The average molecular weight is 424 g/mol. The summed E-state index contributed by atoms with van der Waals surface area (Å²) in [5.41, 5.74) is 1.02. The molecule has 0 aliphatic heterocycles. The summed E-state index contributed by atoms with van der Waals surface area (Å²) < 4.78 is 26.8. The van der Waals surface area contributed by atoms with E-state index in [0.29, 0.717) is 13.0 Å². The van der Waals surface area contributed by atoms with Crippen molar-refractivity contribution in [1.82, 2.24) is 15.4 Å². The van der Waals surface area contributed by atoms with Crippen molar-refractivity contribution < 1.29 is 18.0 Å². The lowest BCUT2D eigenvalue weighted by atomic mass is 10.1. The van der Waals surface area contributed by atoms with Crippen LogP contribution in [0, 0.1) is 0 Å². The molecule has 0 aromatic heterocycles. The monoisotopic (exact) mass is 423 g/mol. The van der Waals surface area contributed by atoms with Gasteiger partial charge in [0.1, 0.15) is 4.90 Å². The van der Waals surface area contributed by atoms with Gasteiger partial charge >= 0.3 is 6.03 Å². The Morgan fingerprint density at radius 3 is 2.43 bits per heavy atom. The van der Waals surface area contributed by atoms with Gasteiger partial charge in [0.05, 0.1) is 11.1 Å². The summed E-state index contributed by atoms with van der Waals surface area (Å²) in [6.45, 7) is 3.99. The molecule has 0 unspecified atom stereocenters. The summed E-state index contributed by atoms with van der Waals surface area (Å²) in [4.78, 5) is 23.9. The minimum Gasteiger partial charge on any atom is -0.346 e. The Kier molecular flexibility index (Phi) is 7.42. The third-order valence-corrected chi connectivity index (χ3v) is 5.71. The van der Waals surface area contributed by atoms with Crippen LogP contribution in [0.3, 0.4) is 0 Å². The highest BCUT2D eigenvalue weighted by Crippen LogP contribution is 2.23. The van der Waals surface area contributed by atoms with Gasteiger partial charge < -0.3 is 10.6 Å². The molecule has 28 heavy (non-hydrogen) atoms. The molecular weight excluding hydrogens is 402 g/mol. The highest BCUT2D eigenvalue weighted by Gasteiger charge is 2.23. The first-order valence-electron chi connectivity index (χ1n) is 8.70. The normalized spacial score (nSPS) is 12.1. The first kappa shape index (κ1) is 21.7. The first-order valence-corrected chi connectivity index (χ1v) is 10.6. The Labute approximate surface area is 169 Å². The number of sulfonamides is 1. The van der Waals surface area contributed by atoms with Gasteiger partial charge in [-0.2, -0.15) is 0 Å². The third kappa shape index (κ3) is 5.71. The van der Waals surface area contributed by atoms with Crippen LogP contribution in [-0.2, 0) is 10.0 Å². The summed E-state index contributed by atoms with van der Waals surface area (Å²) >= 11 is 5.99. The molecule has 0 spiro atoms. The maximum absolute atomic E-state index is 12.5. The van der Waals surface area contributed by atoms with E-state index in [-0.39, 0.29) is 21.5 Å². The summed E-state index contributed by atoms with van der Waals surface area (Å²) in [6.07, 6.45) is 0.656. The van der Waals surface area contributed by atoms with Crippen molar-refractivity contribution in [2.45, 2.75) is 31.2 Å². The standard InChI is InChI=1S/C19H22ClN3O4S/c1-3-11-21-19(25)23-28(26,27)17-12-15(9-10-16(17)20)18(24)22-13(2)14-7-5-4-6-8-14/h4-10,12-13H,3,11H2,1-2H3,(H,22,24)(H2,21,23,25)/t13-/m1/s1. The lowest BCUT2D eigenvalue weighted by molar-refractivity contribution is 0.0939. The molecule has 150 valence electrons. The van der Waals surface area contributed by atoms with E-state index in [9.17, 15) is 18.0 Å². The Morgan fingerprint density at radius 2 is 1.79 bits per heavy atom. The second kappa shape index (κ2) is 9.57. The van der Waals surface area contributed by atoms with Gasteiger partial charge in [0, 0.05) is 12.1 Å². The second-order valence-corrected chi connectivity index (χ2v) is 8.17. The number of urea groups is 1. The summed E-state index contributed by atoms with van der Waals surface area (Å²) in [5.74, 6) is -0.458. The van der Waals surface area contributed by atoms with Crippen LogP contribution < -0.4 is 15.4 Å².